The van der Waals surface area contributed by atoms with E-state index in [1.165, 1.54) is 6.42 Å². The first kappa shape index (κ1) is 15.8. The van der Waals surface area contributed by atoms with Crippen molar-refractivity contribution in [3.8, 4) is 0 Å². The summed E-state index contributed by atoms with van der Waals surface area (Å²) in [5.74, 6) is 0. The molecule has 38 valence electrons. The van der Waals surface area contributed by atoms with Gasteiger partial charge in [-0.1, -0.05) is 6.92 Å². The van der Waals surface area contributed by atoms with Crippen LogP contribution in [0.4, 0.5) is 0 Å². The Hall–Kier alpha value is 0.907. The van der Waals surface area contributed by atoms with Crippen LogP contribution >= 0.6 is 0 Å². The van der Waals surface area contributed by atoms with Gasteiger partial charge in [-0.3, -0.25) is 0 Å². The van der Waals surface area contributed by atoms with Crippen LogP contribution in [0, 0.1) is 0 Å². The van der Waals surface area contributed by atoms with Crippen LogP contribution in [0.25, 0.3) is 0 Å². The summed E-state index contributed by atoms with van der Waals surface area (Å²) >= 11 is 0. The normalized spacial score (nSPS) is 5.00. The van der Waals surface area contributed by atoms with Gasteiger partial charge in [-0.15, -0.1) is 0 Å². The van der Waals surface area contributed by atoms with Gasteiger partial charge in [0.1, 0.15) is 0 Å². The maximum absolute atomic E-state index is 3.60. The SMILES string of the molecule is CCC[NH3+].[I-].[Si]. The summed E-state index contributed by atoms with van der Waals surface area (Å²) in [5, 5.41) is 0. The summed E-state index contributed by atoms with van der Waals surface area (Å²) in [6.45, 7) is 3.19. The van der Waals surface area contributed by atoms with E-state index in [2.05, 4.69) is 12.7 Å². The fourth-order valence-electron chi connectivity index (χ4n) is 0. The monoisotopic (exact) mass is 215 g/mol. The number of quaternary nitrogens is 1. The molecule has 0 aliphatic carbocycles. The minimum absolute atomic E-state index is 0. The third-order valence-corrected chi connectivity index (χ3v) is 0.354. The smallest absolute Gasteiger partial charge is 0.0737 e. The summed E-state index contributed by atoms with van der Waals surface area (Å²) in [6.07, 6.45) is 1.21. The van der Waals surface area contributed by atoms with Crippen molar-refractivity contribution in [2.45, 2.75) is 13.3 Å². The number of hydrogen-bond donors (Lipinski definition) is 1. The molecule has 0 aliphatic rings. The second kappa shape index (κ2) is 16.8. The van der Waals surface area contributed by atoms with Crippen molar-refractivity contribution in [1.29, 1.82) is 0 Å². The molecule has 3 N–H and O–H groups in total. The lowest BCUT2D eigenvalue weighted by Crippen LogP contribution is -3.00. The topological polar surface area (TPSA) is 27.6 Å². The van der Waals surface area contributed by atoms with Gasteiger partial charge >= 0.3 is 0 Å². The summed E-state index contributed by atoms with van der Waals surface area (Å²) < 4.78 is 0. The molecular formula is C3H10INSi. The number of hydrogen-bond acceptors (Lipinski definition) is 0. The first-order valence-electron chi connectivity index (χ1n) is 1.71. The Morgan fingerprint density at radius 1 is 1.50 bits per heavy atom. The molecule has 0 bridgehead atoms. The van der Waals surface area contributed by atoms with Gasteiger partial charge in [-0.05, 0) is 6.42 Å². The van der Waals surface area contributed by atoms with Crippen LogP contribution < -0.4 is 29.7 Å². The van der Waals surface area contributed by atoms with Crippen LogP contribution in [0.2, 0.25) is 0 Å². The Balaban J connectivity index is -0.0000000450. The van der Waals surface area contributed by atoms with Crippen molar-refractivity contribution in [3.05, 3.63) is 0 Å². The van der Waals surface area contributed by atoms with E-state index >= 15 is 0 Å². The molecule has 0 saturated carbocycles. The maximum Gasteiger partial charge on any atom is 0.0737 e. The lowest BCUT2D eigenvalue weighted by molar-refractivity contribution is -0.367. The van der Waals surface area contributed by atoms with E-state index in [-0.39, 0.29) is 34.9 Å². The highest BCUT2D eigenvalue weighted by molar-refractivity contribution is 5.75. The van der Waals surface area contributed by atoms with Gasteiger partial charge in [0.25, 0.3) is 0 Å². The summed E-state index contributed by atoms with van der Waals surface area (Å²) in [6, 6.07) is 0. The zero-order valence-electron chi connectivity index (χ0n) is 4.00. The number of halogens is 1. The van der Waals surface area contributed by atoms with Gasteiger partial charge in [0, 0.05) is 11.0 Å². The minimum atomic E-state index is 0. The zero-order valence-corrected chi connectivity index (χ0v) is 7.16. The summed E-state index contributed by atoms with van der Waals surface area (Å²) in [7, 11) is 0. The molecule has 0 amide bonds. The Bertz CT molecular complexity index is 12.8. The number of rotatable bonds is 1. The van der Waals surface area contributed by atoms with Gasteiger partial charge in [0.05, 0.1) is 6.54 Å². The largest absolute Gasteiger partial charge is 1.00 e. The molecule has 4 radical (unpaired) electrons. The van der Waals surface area contributed by atoms with Gasteiger partial charge in [-0.2, -0.15) is 0 Å². The van der Waals surface area contributed by atoms with Crippen LogP contribution in [0.15, 0.2) is 0 Å². The van der Waals surface area contributed by atoms with Gasteiger partial charge < -0.3 is 29.7 Å². The van der Waals surface area contributed by atoms with Crippen molar-refractivity contribution in [2.75, 3.05) is 6.54 Å². The first-order chi connectivity index (χ1) is 1.91. The molecule has 0 rings (SSSR count). The van der Waals surface area contributed by atoms with E-state index in [1.807, 2.05) is 0 Å². The Labute approximate surface area is 60.7 Å². The predicted molar refractivity (Wildman–Crippen MR) is 23.8 cm³/mol. The van der Waals surface area contributed by atoms with Crippen molar-refractivity contribution < 1.29 is 29.7 Å². The first-order valence-corrected chi connectivity index (χ1v) is 1.71. The molecule has 1 nitrogen and oxygen atoms in total. The Kier molecular flexibility index (Phi) is 44.3. The van der Waals surface area contributed by atoms with E-state index < -0.39 is 0 Å². The molecule has 0 aromatic carbocycles. The third kappa shape index (κ3) is 20.6. The van der Waals surface area contributed by atoms with Gasteiger partial charge in [0.2, 0.25) is 0 Å². The highest BCUT2D eigenvalue weighted by atomic mass is 127. The van der Waals surface area contributed by atoms with Gasteiger partial charge in [-0.25, -0.2) is 0 Å². The van der Waals surface area contributed by atoms with Crippen molar-refractivity contribution in [1.82, 2.24) is 0 Å². The maximum atomic E-state index is 3.60. The fourth-order valence-corrected chi connectivity index (χ4v) is 0. The summed E-state index contributed by atoms with van der Waals surface area (Å²) in [4.78, 5) is 0. The van der Waals surface area contributed by atoms with Crippen LogP contribution in [-0.4, -0.2) is 17.5 Å². The van der Waals surface area contributed by atoms with Crippen LogP contribution in [0.5, 0.6) is 0 Å². The average molecular weight is 215 g/mol. The highest BCUT2D eigenvalue weighted by Gasteiger charge is 1.59. The van der Waals surface area contributed by atoms with Crippen molar-refractivity contribution >= 4 is 11.0 Å². The minimum Gasteiger partial charge on any atom is -1.00 e. The molecule has 0 atom stereocenters. The quantitative estimate of drug-likeness (QED) is 0.344. The lowest BCUT2D eigenvalue weighted by atomic mass is 10.5. The molecule has 3 heteroatoms. The van der Waals surface area contributed by atoms with E-state index in [0.29, 0.717) is 0 Å². The molecule has 0 aliphatic heterocycles. The average Bonchev–Trinajstić information content (AvgIpc) is 1.37. The van der Waals surface area contributed by atoms with Gasteiger partial charge in [0.15, 0.2) is 0 Å². The van der Waals surface area contributed by atoms with E-state index in [9.17, 15) is 0 Å². The standard InChI is InChI=1S/C3H9N.HI.Si/c1-2-3-4;;/h2-4H2,1H3;1H;. The van der Waals surface area contributed by atoms with E-state index in [4.69, 9.17) is 0 Å². The lowest BCUT2D eigenvalue weighted by Gasteiger charge is -1.66. The molecule has 0 fully saturated rings. The second-order valence-electron chi connectivity index (χ2n) is 0.854. The molecule has 6 heavy (non-hydrogen) atoms. The molecule has 0 spiro atoms. The molecule has 0 aromatic rings. The third-order valence-electron chi connectivity index (χ3n) is 0.354. The molecule has 0 heterocycles. The molecule has 0 saturated heterocycles. The summed E-state index contributed by atoms with van der Waals surface area (Å²) in [5.41, 5.74) is 3.60. The second-order valence-corrected chi connectivity index (χ2v) is 0.854. The zero-order chi connectivity index (χ0) is 3.41. The fraction of sp³-hybridized carbons (Fsp3) is 1.00. The van der Waals surface area contributed by atoms with Crippen molar-refractivity contribution in [3.63, 3.8) is 0 Å². The Morgan fingerprint density at radius 2 is 1.67 bits per heavy atom. The van der Waals surface area contributed by atoms with Crippen LogP contribution in [-0.2, 0) is 0 Å². The Morgan fingerprint density at radius 3 is 1.67 bits per heavy atom. The van der Waals surface area contributed by atoms with Crippen molar-refractivity contribution in [2.24, 2.45) is 0 Å². The molecule has 0 aromatic heterocycles. The van der Waals surface area contributed by atoms with E-state index in [0.717, 1.165) is 6.54 Å². The molecule has 0 unspecified atom stereocenters. The molecular weight excluding hydrogens is 205 g/mol. The highest BCUT2D eigenvalue weighted by Crippen LogP contribution is 1.54. The van der Waals surface area contributed by atoms with Crippen LogP contribution in [0.3, 0.4) is 0 Å². The predicted octanol–water partition coefficient (Wildman–Crippen LogP) is -3.74. The van der Waals surface area contributed by atoms with Crippen LogP contribution in [0.1, 0.15) is 13.3 Å². The van der Waals surface area contributed by atoms with E-state index in [1.54, 1.807) is 0 Å².